The molecule has 0 bridgehead atoms. The number of aryl methyl sites for hydroxylation is 1. The lowest BCUT2D eigenvalue weighted by atomic mass is 9.89. The van der Waals surface area contributed by atoms with Gasteiger partial charge in [0.2, 0.25) is 5.91 Å². The van der Waals surface area contributed by atoms with Crippen molar-refractivity contribution in [2.75, 3.05) is 0 Å². The average molecular weight is 237 g/mol. The maximum absolute atomic E-state index is 13.2. The number of aliphatic carboxylic acids is 1. The molecule has 17 heavy (non-hydrogen) atoms. The van der Waals surface area contributed by atoms with Gasteiger partial charge in [-0.3, -0.25) is 4.79 Å². The fourth-order valence-electron chi connectivity index (χ4n) is 2.18. The van der Waals surface area contributed by atoms with E-state index in [4.69, 9.17) is 5.11 Å². The zero-order valence-corrected chi connectivity index (χ0v) is 9.24. The summed E-state index contributed by atoms with van der Waals surface area (Å²) < 4.78 is 13.2. The van der Waals surface area contributed by atoms with E-state index in [2.05, 4.69) is 5.32 Å². The van der Waals surface area contributed by atoms with Crippen molar-refractivity contribution in [2.45, 2.75) is 25.3 Å². The van der Waals surface area contributed by atoms with Gasteiger partial charge in [0.05, 0.1) is 0 Å². The summed E-state index contributed by atoms with van der Waals surface area (Å²) >= 11 is 0. The van der Waals surface area contributed by atoms with Crippen LogP contribution in [0.1, 0.15) is 23.5 Å². The predicted octanol–water partition coefficient (Wildman–Crippen LogP) is 1.19. The molecule has 1 aromatic rings. The molecule has 0 aliphatic carbocycles. The second kappa shape index (κ2) is 4.16. The maximum Gasteiger partial charge on any atom is 0.326 e. The van der Waals surface area contributed by atoms with Crippen molar-refractivity contribution in [3.05, 3.63) is 35.1 Å². The highest BCUT2D eigenvalue weighted by atomic mass is 19.1. The van der Waals surface area contributed by atoms with Gasteiger partial charge in [0.15, 0.2) is 0 Å². The summed E-state index contributed by atoms with van der Waals surface area (Å²) in [5.41, 5.74) is 1.37. The molecule has 1 aromatic carbocycles. The van der Waals surface area contributed by atoms with Crippen molar-refractivity contribution in [2.24, 2.45) is 0 Å². The van der Waals surface area contributed by atoms with Crippen LogP contribution in [-0.4, -0.2) is 23.0 Å². The van der Waals surface area contributed by atoms with Crippen LogP contribution in [0.25, 0.3) is 0 Å². The number of carbonyl (C=O) groups excluding carboxylic acids is 1. The molecule has 1 saturated heterocycles. The van der Waals surface area contributed by atoms with Gasteiger partial charge in [0.25, 0.3) is 0 Å². The van der Waals surface area contributed by atoms with Crippen molar-refractivity contribution >= 4 is 11.9 Å². The predicted molar refractivity (Wildman–Crippen MR) is 58.1 cm³/mol. The lowest BCUT2D eigenvalue weighted by Crippen LogP contribution is -2.36. The van der Waals surface area contributed by atoms with Gasteiger partial charge in [-0.15, -0.1) is 0 Å². The fraction of sp³-hybridized carbons (Fsp3) is 0.333. The van der Waals surface area contributed by atoms with Crippen LogP contribution in [-0.2, 0) is 9.59 Å². The Morgan fingerprint density at radius 2 is 2.24 bits per heavy atom. The van der Waals surface area contributed by atoms with Gasteiger partial charge in [-0.25, -0.2) is 9.18 Å². The van der Waals surface area contributed by atoms with Crippen LogP contribution < -0.4 is 5.32 Å². The van der Waals surface area contributed by atoms with Gasteiger partial charge in [-0.05, 0) is 30.2 Å². The topological polar surface area (TPSA) is 66.4 Å². The Labute approximate surface area is 97.4 Å². The summed E-state index contributed by atoms with van der Waals surface area (Å²) in [6.45, 7) is 1.77. The minimum atomic E-state index is -1.09. The Bertz CT molecular complexity index is 487. The standard InChI is InChI=1S/C12H12FNO3/c1-6-2-3-7(13)4-8(6)9-5-10(15)14-11(9)12(16)17/h2-4,9,11H,5H2,1H3,(H,14,15)(H,16,17). The first-order chi connectivity index (χ1) is 7.99. The summed E-state index contributed by atoms with van der Waals surface area (Å²) in [7, 11) is 0. The molecule has 2 N–H and O–H groups in total. The minimum Gasteiger partial charge on any atom is -0.480 e. The van der Waals surface area contributed by atoms with Gasteiger partial charge >= 0.3 is 5.97 Å². The van der Waals surface area contributed by atoms with Crippen LogP contribution in [0.15, 0.2) is 18.2 Å². The van der Waals surface area contributed by atoms with Gasteiger partial charge < -0.3 is 10.4 Å². The number of rotatable bonds is 2. The van der Waals surface area contributed by atoms with E-state index in [9.17, 15) is 14.0 Å². The summed E-state index contributed by atoms with van der Waals surface area (Å²) in [6.07, 6.45) is 0.0846. The molecular weight excluding hydrogens is 225 g/mol. The number of carboxylic acid groups (broad SMARTS) is 1. The fourth-order valence-corrected chi connectivity index (χ4v) is 2.18. The van der Waals surface area contributed by atoms with E-state index in [0.717, 1.165) is 5.56 Å². The van der Waals surface area contributed by atoms with Crippen molar-refractivity contribution < 1.29 is 19.1 Å². The Kier molecular flexibility index (Phi) is 2.83. The lowest BCUT2D eigenvalue weighted by Gasteiger charge is -2.17. The van der Waals surface area contributed by atoms with Crippen LogP contribution in [0.4, 0.5) is 4.39 Å². The maximum atomic E-state index is 13.2. The van der Waals surface area contributed by atoms with E-state index in [1.807, 2.05) is 0 Å². The highest BCUT2D eigenvalue weighted by molar-refractivity contribution is 5.89. The smallest absolute Gasteiger partial charge is 0.326 e. The Morgan fingerprint density at radius 3 is 2.88 bits per heavy atom. The first kappa shape index (κ1) is 11.6. The van der Waals surface area contributed by atoms with E-state index >= 15 is 0 Å². The number of hydrogen-bond donors (Lipinski definition) is 2. The van der Waals surface area contributed by atoms with Gasteiger partial charge in [-0.2, -0.15) is 0 Å². The third-order valence-electron chi connectivity index (χ3n) is 3.03. The Morgan fingerprint density at radius 1 is 1.53 bits per heavy atom. The molecule has 2 unspecified atom stereocenters. The first-order valence-corrected chi connectivity index (χ1v) is 5.27. The SMILES string of the molecule is Cc1ccc(F)cc1C1CC(=O)NC1C(=O)O. The van der Waals surface area contributed by atoms with Crippen LogP contribution in [0.3, 0.4) is 0 Å². The van der Waals surface area contributed by atoms with E-state index in [1.54, 1.807) is 13.0 Å². The Hall–Kier alpha value is -1.91. The molecule has 1 aliphatic heterocycles. The normalized spacial score (nSPS) is 23.5. The molecule has 0 radical (unpaired) electrons. The zero-order chi connectivity index (χ0) is 12.6. The highest BCUT2D eigenvalue weighted by Crippen LogP contribution is 2.31. The largest absolute Gasteiger partial charge is 0.480 e. The molecule has 90 valence electrons. The van der Waals surface area contributed by atoms with Crippen LogP contribution >= 0.6 is 0 Å². The molecule has 0 aromatic heterocycles. The van der Waals surface area contributed by atoms with Gasteiger partial charge in [-0.1, -0.05) is 6.07 Å². The number of hydrogen-bond acceptors (Lipinski definition) is 2. The zero-order valence-electron chi connectivity index (χ0n) is 9.24. The van der Waals surface area contributed by atoms with Gasteiger partial charge in [0.1, 0.15) is 11.9 Å². The van der Waals surface area contributed by atoms with E-state index < -0.39 is 23.7 Å². The van der Waals surface area contributed by atoms with Crippen molar-refractivity contribution in [3.63, 3.8) is 0 Å². The molecule has 1 heterocycles. The third kappa shape index (κ3) is 2.13. The number of nitrogens with one attached hydrogen (secondary N) is 1. The summed E-state index contributed by atoms with van der Waals surface area (Å²) in [6, 6.07) is 3.24. The monoisotopic (exact) mass is 237 g/mol. The molecule has 4 nitrogen and oxygen atoms in total. The van der Waals surface area contributed by atoms with Crippen LogP contribution in [0.5, 0.6) is 0 Å². The number of benzene rings is 1. The first-order valence-electron chi connectivity index (χ1n) is 5.27. The Balaban J connectivity index is 2.41. The van der Waals surface area contributed by atoms with Crippen molar-refractivity contribution in [1.82, 2.24) is 5.32 Å². The van der Waals surface area contributed by atoms with E-state index in [-0.39, 0.29) is 12.3 Å². The molecule has 1 aliphatic rings. The number of carboxylic acids is 1. The molecule has 5 heteroatoms. The molecule has 1 fully saturated rings. The molecule has 2 atom stereocenters. The third-order valence-corrected chi connectivity index (χ3v) is 3.03. The van der Waals surface area contributed by atoms with Crippen LogP contribution in [0.2, 0.25) is 0 Å². The summed E-state index contributed by atoms with van der Waals surface area (Å²) in [4.78, 5) is 22.3. The molecule has 0 saturated carbocycles. The van der Waals surface area contributed by atoms with E-state index in [1.165, 1.54) is 12.1 Å². The molecular formula is C12H12FNO3. The molecule has 1 amide bonds. The number of carbonyl (C=O) groups is 2. The quantitative estimate of drug-likeness (QED) is 0.812. The summed E-state index contributed by atoms with van der Waals surface area (Å²) in [5, 5.41) is 11.4. The van der Waals surface area contributed by atoms with E-state index in [0.29, 0.717) is 5.56 Å². The lowest BCUT2D eigenvalue weighted by molar-refractivity contribution is -0.140. The summed E-state index contributed by atoms with van der Waals surface area (Å²) in [5.74, 6) is -2.33. The second-order valence-corrected chi connectivity index (χ2v) is 4.19. The minimum absolute atomic E-state index is 0.0846. The number of halogens is 1. The molecule has 2 rings (SSSR count). The van der Waals surface area contributed by atoms with Crippen molar-refractivity contribution in [1.29, 1.82) is 0 Å². The highest BCUT2D eigenvalue weighted by Gasteiger charge is 2.39. The van der Waals surface area contributed by atoms with Gasteiger partial charge in [0, 0.05) is 12.3 Å². The van der Waals surface area contributed by atoms with Crippen LogP contribution in [0, 0.1) is 12.7 Å². The second-order valence-electron chi connectivity index (χ2n) is 4.19. The molecule has 0 spiro atoms. The number of amides is 1. The van der Waals surface area contributed by atoms with Crippen molar-refractivity contribution in [3.8, 4) is 0 Å². The average Bonchev–Trinajstić information content (AvgIpc) is 2.64.